The Hall–Kier alpha value is -0.280. The van der Waals surface area contributed by atoms with E-state index in [0.29, 0.717) is 19.8 Å². The molecule has 0 amide bonds. The lowest BCUT2D eigenvalue weighted by molar-refractivity contribution is 0.123. The van der Waals surface area contributed by atoms with E-state index in [4.69, 9.17) is 26.6 Å². The zero-order valence-electron chi connectivity index (χ0n) is 8.45. The molecule has 0 aliphatic carbocycles. The number of halogens is 1. The summed E-state index contributed by atoms with van der Waals surface area (Å²) in [7, 11) is 1.56. The molecule has 0 rings (SSSR count). The van der Waals surface area contributed by atoms with Crippen LogP contribution in [0.2, 0.25) is 0 Å². The molecule has 88 valence electrons. The van der Waals surface area contributed by atoms with Crippen LogP contribution in [-0.4, -0.2) is 40.6 Å². The number of rotatable bonds is 9. The van der Waals surface area contributed by atoms with Crippen molar-refractivity contribution in [3.05, 3.63) is 0 Å². The smallest absolute Gasteiger partial charge is 0.234 e. The van der Waals surface area contributed by atoms with Gasteiger partial charge in [-0.15, -0.1) is 6.42 Å². The first-order valence-electron chi connectivity index (χ1n) is 4.57. The molecule has 0 atom stereocenters. The fourth-order valence-electron chi connectivity index (χ4n) is 0.800. The van der Waals surface area contributed by atoms with Crippen LogP contribution in [0.15, 0.2) is 0 Å². The first-order chi connectivity index (χ1) is 7.06. The molecule has 0 unspecified atom stereocenters. The van der Waals surface area contributed by atoms with Crippen molar-refractivity contribution in [2.75, 3.05) is 32.2 Å². The quantitative estimate of drug-likeness (QED) is 0.350. The highest BCUT2D eigenvalue weighted by Gasteiger charge is 2.03. The van der Waals surface area contributed by atoms with E-state index >= 15 is 0 Å². The van der Waals surface area contributed by atoms with E-state index in [1.807, 2.05) is 0 Å². The molecule has 6 heteroatoms. The predicted molar refractivity (Wildman–Crippen MR) is 59.3 cm³/mol. The zero-order valence-corrected chi connectivity index (χ0v) is 10.0. The van der Waals surface area contributed by atoms with E-state index in [0.717, 1.165) is 12.8 Å². The lowest BCUT2D eigenvalue weighted by Gasteiger charge is -2.02. The Morgan fingerprint density at radius 1 is 1.13 bits per heavy atom. The molecule has 0 fully saturated rings. The minimum atomic E-state index is -3.43. The van der Waals surface area contributed by atoms with Crippen LogP contribution in [0.4, 0.5) is 0 Å². The molecule has 0 saturated carbocycles. The summed E-state index contributed by atoms with van der Waals surface area (Å²) in [6.07, 6.45) is 6.64. The van der Waals surface area contributed by atoms with Gasteiger partial charge >= 0.3 is 0 Å². The highest BCUT2D eigenvalue weighted by atomic mass is 35.7. The van der Waals surface area contributed by atoms with Gasteiger partial charge in [0.15, 0.2) is 0 Å². The third-order valence-corrected chi connectivity index (χ3v) is 2.60. The molecule has 0 heterocycles. The van der Waals surface area contributed by atoms with Gasteiger partial charge in [-0.2, -0.15) is 0 Å². The lowest BCUT2D eigenvalue weighted by atomic mass is 10.3. The summed E-state index contributed by atoms with van der Waals surface area (Å²) in [4.78, 5) is 0. The van der Waals surface area contributed by atoms with E-state index in [2.05, 4.69) is 5.92 Å². The van der Waals surface area contributed by atoms with E-state index < -0.39 is 9.05 Å². The second-order valence-electron chi connectivity index (χ2n) is 2.82. The zero-order chi connectivity index (χ0) is 11.6. The first-order valence-corrected chi connectivity index (χ1v) is 7.05. The van der Waals surface area contributed by atoms with Gasteiger partial charge in [0.25, 0.3) is 0 Å². The molecule has 0 aromatic heterocycles. The summed E-state index contributed by atoms with van der Waals surface area (Å²) in [6.45, 7) is 1.57. The maximum atomic E-state index is 10.5. The molecule has 0 bridgehead atoms. The van der Waals surface area contributed by atoms with E-state index in [9.17, 15) is 8.42 Å². The predicted octanol–water partition coefficient (Wildman–Crippen LogP) is 1.00. The number of terminal acetylenes is 1. The van der Waals surface area contributed by atoms with Crippen molar-refractivity contribution in [3.63, 3.8) is 0 Å². The largest absolute Gasteiger partial charge is 0.380 e. The molecule has 0 radical (unpaired) electrons. The van der Waals surface area contributed by atoms with Crippen LogP contribution in [0.1, 0.15) is 12.8 Å². The summed E-state index contributed by atoms with van der Waals surface area (Å²) in [5, 5.41) is 0. The van der Waals surface area contributed by atoms with E-state index in [-0.39, 0.29) is 12.4 Å². The van der Waals surface area contributed by atoms with Gasteiger partial charge in [0.1, 0.15) is 6.61 Å². The van der Waals surface area contributed by atoms with Gasteiger partial charge < -0.3 is 9.47 Å². The topological polar surface area (TPSA) is 52.6 Å². The van der Waals surface area contributed by atoms with Gasteiger partial charge in [-0.3, -0.25) is 0 Å². The fourth-order valence-corrected chi connectivity index (χ4v) is 1.31. The van der Waals surface area contributed by atoms with Gasteiger partial charge in [-0.1, -0.05) is 5.92 Å². The minimum absolute atomic E-state index is 0.136. The Labute approximate surface area is 95.3 Å². The summed E-state index contributed by atoms with van der Waals surface area (Å²) in [6, 6.07) is 0. The maximum absolute atomic E-state index is 10.5. The Morgan fingerprint density at radius 3 is 2.27 bits per heavy atom. The highest BCUT2D eigenvalue weighted by Crippen LogP contribution is 1.97. The molecule has 0 spiro atoms. The Kier molecular flexibility index (Phi) is 8.82. The van der Waals surface area contributed by atoms with Gasteiger partial charge in [0.2, 0.25) is 9.05 Å². The Morgan fingerprint density at radius 2 is 1.73 bits per heavy atom. The summed E-state index contributed by atoms with van der Waals surface area (Å²) < 4.78 is 31.1. The van der Waals surface area contributed by atoms with Crippen molar-refractivity contribution < 1.29 is 17.9 Å². The molecule has 0 aromatic carbocycles. The Balaban J connectivity index is 3.10. The van der Waals surface area contributed by atoms with Crippen LogP contribution < -0.4 is 0 Å². The summed E-state index contributed by atoms with van der Waals surface area (Å²) in [5.41, 5.74) is 0. The maximum Gasteiger partial charge on any atom is 0.234 e. The van der Waals surface area contributed by atoms with Crippen LogP contribution in [0.3, 0.4) is 0 Å². The summed E-state index contributed by atoms with van der Waals surface area (Å²) >= 11 is 0. The van der Waals surface area contributed by atoms with Crippen molar-refractivity contribution in [2.24, 2.45) is 0 Å². The summed E-state index contributed by atoms with van der Waals surface area (Å²) in [5.74, 6) is 2.21. The van der Waals surface area contributed by atoms with Gasteiger partial charge in [0.05, 0.1) is 12.4 Å². The van der Waals surface area contributed by atoms with E-state index in [1.54, 1.807) is 0 Å². The monoisotopic (exact) mass is 254 g/mol. The van der Waals surface area contributed by atoms with Gasteiger partial charge in [-0.05, 0) is 12.8 Å². The number of hydrogen-bond donors (Lipinski definition) is 0. The SMILES string of the molecule is C#CCOCCCCOCCS(=O)(=O)Cl. The molecular formula is C9H15ClO4S. The second kappa shape index (κ2) is 8.98. The van der Waals surface area contributed by atoms with Gasteiger partial charge in [0, 0.05) is 23.9 Å². The third-order valence-electron chi connectivity index (χ3n) is 1.48. The van der Waals surface area contributed by atoms with Gasteiger partial charge in [-0.25, -0.2) is 8.42 Å². The van der Waals surface area contributed by atoms with Crippen molar-refractivity contribution in [3.8, 4) is 12.3 Å². The molecule has 0 aliphatic heterocycles. The molecular weight excluding hydrogens is 240 g/mol. The van der Waals surface area contributed by atoms with Crippen molar-refractivity contribution in [1.29, 1.82) is 0 Å². The Bertz CT molecular complexity index is 281. The molecule has 0 aromatic rings. The normalized spacial score (nSPS) is 11.2. The third kappa shape index (κ3) is 13.7. The average molecular weight is 255 g/mol. The van der Waals surface area contributed by atoms with Crippen LogP contribution in [0.25, 0.3) is 0 Å². The molecule has 15 heavy (non-hydrogen) atoms. The second-order valence-corrected chi connectivity index (χ2v) is 5.72. The molecule has 0 N–H and O–H groups in total. The van der Waals surface area contributed by atoms with Crippen LogP contribution in [0.5, 0.6) is 0 Å². The minimum Gasteiger partial charge on any atom is -0.380 e. The van der Waals surface area contributed by atoms with Crippen LogP contribution in [-0.2, 0) is 18.5 Å². The molecule has 0 aliphatic rings. The lowest BCUT2D eigenvalue weighted by Crippen LogP contribution is -2.07. The number of unbranched alkanes of at least 4 members (excludes halogenated alkanes) is 1. The number of hydrogen-bond acceptors (Lipinski definition) is 4. The van der Waals surface area contributed by atoms with E-state index in [1.165, 1.54) is 0 Å². The first kappa shape index (κ1) is 14.7. The van der Waals surface area contributed by atoms with Crippen molar-refractivity contribution >= 4 is 19.7 Å². The van der Waals surface area contributed by atoms with Crippen LogP contribution >= 0.6 is 10.7 Å². The van der Waals surface area contributed by atoms with Crippen LogP contribution in [0, 0.1) is 12.3 Å². The number of ether oxygens (including phenoxy) is 2. The highest BCUT2D eigenvalue weighted by molar-refractivity contribution is 8.13. The standard InChI is InChI=1S/C9H15ClO4S/c1-2-5-13-6-3-4-7-14-8-9-15(10,11)12/h1H,3-9H2. The molecule has 0 saturated heterocycles. The average Bonchev–Trinajstić information content (AvgIpc) is 2.14. The van der Waals surface area contributed by atoms with Crippen molar-refractivity contribution in [2.45, 2.75) is 12.8 Å². The fraction of sp³-hybridized carbons (Fsp3) is 0.778. The van der Waals surface area contributed by atoms with Crippen molar-refractivity contribution in [1.82, 2.24) is 0 Å². The molecule has 4 nitrogen and oxygen atoms in total.